The first-order valence-corrected chi connectivity index (χ1v) is 8.37. The van der Waals surface area contributed by atoms with Crippen LogP contribution in [-0.4, -0.2) is 12.4 Å². The van der Waals surface area contributed by atoms with Gasteiger partial charge < -0.3 is 4.74 Å². The summed E-state index contributed by atoms with van der Waals surface area (Å²) in [6.07, 6.45) is 0.0123. The summed E-state index contributed by atoms with van der Waals surface area (Å²) in [6, 6.07) is 9.87. The summed E-state index contributed by atoms with van der Waals surface area (Å²) in [5, 5.41) is 0. The lowest BCUT2D eigenvalue weighted by atomic mass is 10.1. The van der Waals surface area contributed by atoms with E-state index in [2.05, 4.69) is 47.8 Å². The Morgan fingerprint density at radius 1 is 1.10 bits per heavy atom. The summed E-state index contributed by atoms with van der Waals surface area (Å²) in [5.74, 6) is -0.0289. The van der Waals surface area contributed by atoms with Gasteiger partial charge in [0.2, 0.25) is 0 Å². The zero-order valence-corrected chi connectivity index (χ0v) is 15.5. The average molecular weight is 481 g/mol. The van der Waals surface area contributed by atoms with Crippen molar-refractivity contribution in [1.29, 1.82) is 0 Å². The summed E-state index contributed by atoms with van der Waals surface area (Å²) >= 11 is 10.1. The summed E-state index contributed by atoms with van der Waals surface area (Å²) in [5.41, 5.74) is 0.375. The van der Waals surface area contributed by atoms with E-state index in [0.29, 0.717) is 11.3 Å². The second-order valence-corrected chi connectivity index (χ2v) is 6.92. The number of ketones is 1. The normalized spacial score (nSPS) is 10.5. The van der Waals surface area contributed by atoms with Gasteiger partial charge in [-0.05, 0) is 55.6 Å². The molecular formula is C15H10Br3FO2. The van der Waals surface area contributed by atoms with Crippen molar-refractivity contribution in [2.45, 2.75) is 6.42 Å². The molecule has 0 aromatic heterocycles. The highest BCUT2D eigenvalue weighted by Gasteiger charge is 2.12. The molecule has 0 atom stereocenters. The molecule has 0 heterocycles. The van der Waals surface area contributed by atoms with E-state index < -0.39 is 0 Å². The van der Waals surface area contributed by atoms with E-state index in [1.54, 1.807) is 18.2 Å². The highest BCUT2D eigenvalue weighted by atomic mass is 79.9. The molecule has 0 N–H and O–H groups in total. The van der Waals surface area contributed by atoms with Gasteiger partial charge in [-0.15, -0.1) is 0 Å². The molecule has 0 saturated heterocycles. The summed E-state index contributed by atoms with van der Waals surface area (Å²) in [6.45, 7) is -0.118. The number of rotatable bonds is 5. The minimum atomic E-state index is -0.378. The van der Waals surface area contributed by atoms with E-state index >= 15 is 0 Å². The molecule has 0 saturated carbocycles. The van der Waals surface area contributed by atoms with E-state index in [0.717, 1.165) is 13.4 Å². The minimum absolute atomic E-state index is 0.0123. The number of ether oxygens (including phenoxy) is 1. The van der Waals surface area contributed by atoms with Crippen molar-refractivity contribution in [3.63, 3.8) is 0 Å². The van der Waals surface area contributed by atoms with Crippen LogP contribution in [0.5, 0.6) is 5.75 Å². The van der Waals surface area contributed by atoms with Crippen LogP contribution in [0, 0.1) is 5.82 Å². The van der Waals surface area contributed by atoms with Crippen LogP contribution in [0.15, 0.2) is 49.8 Å². The Hall–Kier alpha value is -0.720. The zero-order valence-electron chi connectivity index (χ0n) is 10.7. The molecule has 0 aliphatic carbocycles. The van der Waals surface area contributed by atoms with Crippen molar-refractivity contribution in [3.8, 4) is 5.75 Å². The molecule has 0 amide bonds. The number of carbonyl (C=O) groups excluding carboxylic acids is 1. The Kier molecular flexibility index (Phi) is 5.96. The molecular weight excluding hydrogens is 471 g/mol. The Morgan fingerprint density at radius 3 is 2.33 bits per heavy atom. The third-order valence-corrected chi connectivity index (χ3v) is 4.32. The number of halogens is 4. The number of carbonyl (C=O) groups is 1. The van der Waals surface area contributed by atoms with Crippen LogP contribution < -0.4 is 4.74 Å². The molecule has 21 heavy (non-hydrogen) atoms. The molecule has 2 aromatic carbocycles. The van der Waals surface area contributed by atoms with Crippen LogP contribution in [0.25, 0.3) is 0 Å². The van der Waals surface area contributed by atoms with E-state index in [-0.39, 0.29) is 24.6 Å². The highest BCUT2D eigenvalue weighted by Crippen LogP contribution is 2.36. The number of hydrogen-bond acceptors (Lipinski definition) is 2. The van der Waals surface area contributed by atoms with Gasteiger partial charge in [0.1, 0.15) is 18.2 Å². The molecule has 0 spiro atoms. The van der Waals surface area contributed by atoms with E-state index in [4.69, 9.17) is 4.74 Å². The van der Waals surface area contributed by atoms with Gasteiger partial charge in [-0.2, -0.15) is 0 Å². The van der Waals surface area contributed by atoms with Gasteiger partial charge in [0.25, 0.3) is 0 Å². The lowest BCUT2D eigenvalue weighted by Crippen LogP contribution is -2.15. The second kappa shape index (κ2) is 7.51. The zero-order chi connectivity index (χ0) is 15.4. The summed E-state index contributed by atoms with van der Waals surface area (Å²) in [7, 11) is 0. The number of Topliss-reactive ketones (excluding diaryl/α,β-unsaturated/α-hetero) is 1. The highest BCUT2D eigenvalue weighted by molar-refractivity contribution is 9.11. The molecule has 6 heteroatoms. The van der Waals surface area contributed by atoms with Gasteiger partial charge in [-0.1, -0.05) is 34.1 Å². The monoisotopic (exact) mass is 478 g/mol. The Labute approximate surface area is 147 Å². The predicted molar refractivity (Wildman–Crippen MR) is 90.1 cm³/mol. The van der Waals surface area contributed by atoms with Gasteiger partial charge in [0, 0.05) is 10.9 Å². The lowest BCUT2D eigenvalue weighted by Gasteiger charge is -2.10. The van der Waals surface area contributed by atoms with E-state index in [1.165, 1.54) is 6.07 Å². The topological polar surface area (TPSA) is 26.3 Å². The third-order valence-electron chi connectivity index (χ3n) is 2.69. The molecule has 2 aromatic rings. The van der Waals surface area contributed by atoms with Crippen molar-refractivity contribution >= 4 is 53.6 Å². The molecule has 2 nitrogen and oxygen atoms in total. The standard InChI is InChI=1S/C15H10Br3FO2/c16-10-6-12(17)15(13(18)7-10)21-8-11(20)5-9-3-1-2-4-14(9)19/h1-4,6-7H,5,8H2. The minimum Gasteiger partial charge on any atom is -0.483 e. The fourth-order valence-electron chi connectivity index (χ4n) is 1.72. The Bertz CT molecular complexity index is 651. The third kappa shape index (κ3) is 4.63. The largest absolute Gasteiger partial charge is 0.483 e. The van der Waals surface area contributed by atoms with Gasteiger partial charge in [0.05, 0.1) is 8.95 Å². The fraction of sp³-hybridized carbons (Fsp3) is 0.133. The van der Waals surface area contributed by atoms with E-state index in [1.807, 2.05) is 12.1 Å². The smallest absolute Gasteiger partial charge is 0.174 e. The Balaban J connectivity index is 2.01. The lowest BCUT2D eigenvalue weighted by molar-refractivity contribution is -0.120. The maximum atomic E-state index is 13.5. The maximum Gasteiger partial charge on any atom is 0.174 e. The first-order chi connectivity index (χ1) is 9.97. The summed E-state index contributed by atoms with van der Waals surface area (Å²) < 4.78 is 21.3. The van der Waals surface area contributed by atoms with Gasteiger partial charge in [0.15, 0.2) is 5.78 Å². The quantitative estimate of drug-likeness (QED) is 0.580. The SMILES string of the molecule is O=C(COc1c(Br)cc(Br)cc1Br)Cc1ccccc1F. The van der Waals surface area contributed by atoms with Gasteiger partial charge >= 0.3 is 0 Å². The van der Waals surface area contributed by atoms with Crippen molar-refractivity contribution < 1.29 is 13.9 Å². The van der Waals surface area contributed by atoms with Crippen molar-refractivity contribution in [3.05, 3.63) is 61.2 Å². The van der Waals surface area contributed by atoms with Crippen molar-refractivity contribution in [2.75, 3.05) is 6.61 Å². The van der Waals surface area contributed by atoms with Crippen LogP contribution in [0.3, 0.4) is 0 Å². The molecule has 110 valence electrons. The van der Waals surface area contributed by atoms with Crippen molar-refractivity contribution in [2.24, 2.45) is 0 Å². The van der Waals surface area contributed by atoms with Crippen LogP contribution >= 0.6 is 47.8 Å². The second-order valence-electron chi connectivity index (χ2n) is 4.29. The summed E-state index contributed by atoms with van der Waals surface area (Å²) in [4.78, 5) is 11.9. The predicted octanol–water partition coefficient (Wildman–Crippen LogP) is 5.30. The van der Waals surface area contributed by atoms with Crippen LogP contribution in [-0.2, 0) is 11.2 Å². The first-order valence-electron chi connectivity index (χ1n) is 6.00. The molecule has 0 aliphatic rings. The number of hydrogen-bond donors (Lipinski definition) is 0. The van der Waals surface area contributed by atoms with Gasteiger partial charge in [-0.3, -0.25) is 4.79 Å². The Morgan fingerprint density at radius 2 is 1.71 bits per heavy atom. The van der Waals surface area contributed by atoms with Crippen LogP contribution in [0.1, 0.15) is 5.56 Å². The molecule has 0 aliphatic heterocycles. The number of benzene rings is 2. The van der Waals surface area contributed by atoms with Gasteiger partial charge in [-0.25, -0.2) is 4.39 Å². The van der Waals surface area contributed by atoms with Crippen molar-refractivity contribution in [1.82, 2.24) is 0 Å². The molecule has 2 rings (SSSR count). The van der Waals surface area contributed by atoms with Crippen LogP contribution in [0.2, 0.25) is 0 Å². The first kappa shape index (κ1) is 16.6. The maximum absolute atomic E-state index is 13.5. The molecule has 0 unspecified atom stereocenters. The molecule has 0 fully saturated rings. The molecule has 0 bridgehead atoms. The molecule has 0 radical (unpaired) electrons. The fourth-order valence-corrected chi connectivity index (χ4v) is 4.21. The average Bonchev–Trinajstić information content (AvgIpc) is 2.40. The van der Waals surface area contributed by atoms with E-state index in [9.17, 15) is 9.18 Å². The van der Waals surface area contributed by atoms with Crippen LogP contribution in [0.4, 0.5) is 4.39 Å².